The highest BCUT2D eigenvalue weighted by Gasteiger charge is 2.20. The van der Waals surface area contributed by atoms with E-state index in [1.54, 1.807) is 6.08 Å². The molecular formula is C27H19N5O2. The van der Waals surface area contributed by atoms with Gasteiger partial charge in [-0.1, -0.05) is 36.4 Å². The average Bonchev–Trinajstić information content (AvgIpc) is 3.19. The van der Waals surface area contributed by atoms with Crippen molar-refractivity contribution in [3.63, 3.8) is 0 Å². The number of ether oxygens (including phenoxy) is 1. The van der Waals surface area contributed by atoms with E-state index in [0.717, 1.165) is 22.5 Å². The summed E-state index contributed by atoms with van der Waals surface area (Å²) in [5, 5.41) is 0.433. The van der Waals surface area contributed by atoms with Crippen LogP contribution in [0.5, 0.6) is 11.5 Å². The summed E-state index contributed by atoms with van der Waals surface area (Å²) in [4.78, 5) is 27.6. The molecule has 6 rings (SSSR count). The first-order chi connectivity index (χ1) is 16.7. The normalized spacial score (nSPS) is 11.3. The lowest BCUT2D eigenvalue weighted by Crippen LogP contribution is -2.20. The van der Waals surface area contributed by atoms with Crippen molar-refractivity contribution in [3.05, 3.63) is 108 Å². The number of nitrogens with zero attached hydrogens (tertiary/aromatic N) is 5. The molecule has 0 atom stereocenters. The first-order valence-corrected chi connectivity index (χ1v) is 10.8. The molecular weight excluding hydrogens is 426 g/mol. The number of fused-ring (bicyclic) bond motifs is 4. The number of aromatic nitrogens is 5. The molecule has 0 aliphatic rings. The van der Waals surface area contributed by atoms with Gasteiger partial charge in [0.15, 0.2) is 11.3 Å². The van der Waals surface area contributed by atoms with Crippen LogP contribution < -0.4 is 10.3 Å². The van der Waals surface area contributed by atoms with Gasteiger partial charge in [-0.2, -0.15) is 0 Å². The molecule has 7 nitrogen and oxygen atoms in total. The molecule has 34 heavy (non-hydrogen) atoms. The van der Waals surface area contributed by atoms with Crippen molar-refractivity contribution < 1.29 is 4.74 Å². The van der Waals surface area contributed by atoms with Gasteiger partial charge >= 0.3 is 0 Å². The molecule has 6 aromatic rings. The molecule has 0 unspecified atom stereocenters. The van der Waals surface area contributed by atoms with Crippen LogP contribution in [0.25, 0.3) is 38.9 Å². The smallest absolute Gasteiger partial charge is 0.265 e. The number of rotatable bonds is 5. The van der Waals surface area contributed by atoms with E-state index in [1.165, 1.54) is 10.9 Å². The number of para-hydroxylation sites is 3. The second-order valence-corrected chi connectivity index (χ2v) is 7.82. The molecule has 3 aromatic heterocycles. The molecule has 164 valence electrons. The van der Waals surface area contributed by atoms with Crippen LogP contribution in [0.2, 0.25) is 0 Å². The monoisotopic (exact) mass is 445 g/mol. The van der Waals surface area contributed by atoms with Gasteiger partial charge in [-0.15, -0.1) is 6.58 Å². The van der Waals surface area contributed by atoms with Crippen molar-refractivity contribution in [2.75, 3.05) is 0 Å². The summed E-state index contributed by atoms with van der Waals surface area (Å²) in [7, 11) is 0. The second kappa shape index (κ2) is 7.97. The van der Waals surface area contributed by atoms with E-state index in [4.69, 9.17) is 14.7 Å². The molecule has 0 aliphatic heterocycles. The zero-order valence-corrected chi connectivity index (χ0v) is 18.1. The summed E-state index contributed by atoms with van der Waals surface area (Å²) < 4.78 is 9.32. The Morgan fingerprint density at radius 3 is 2.24 bits per heavy atom. The highest BCUT2D eigenvalue weighted by molar-refractivity contribution is 6.05. The topological polar surface area (TPSA) is 74.8 Å². The van der Waals surface area contributed by atoms with Crippen LogP contribution in [0.1, 0.15) is 0 Å². The Morgan fingerprint density at radius 2 is 1.50 bits per heavy atom. The van der Waals surface area contributed by atoms with E-state index in [0.29, 0.717) is 34.5 Å². The summed E-state index contributed by atoms with van der Waals surface area (Å²) >= 11 is 0. The molecule has 0 saturated heterocycles. The van der Waals surface area contributed by atoms with Gasteiger partial charge in [-0.05, 0) is 48.5 Å². The summed E-state index contributed by atoms with van der Waals surface area (Å²) in [6, 6.07) is 24.8. The Hall–Kier alpha value is -4.78. The van der Waals surface area contributed by atoms with Crippen LogP contribution in [0.15, 0.2) is 103 Å². The largest absolute Gasteiger partial charge is 0.457 e. The summed E-state index contributed by atoms with van der Waals surface area (Å²) in [5.41, 5.74) is 3.70. The molecule has 0 aliphatic carbocycles. The first kappa shape index (κ1) is 19.9. The van der Waals surface area contributed by atoms with Gasteiger partial charge < -0.3 is 4.74 Å². The quantitative estimate of drug-likeness (QED) is 0.338. The number of hydrogen-bond donors (Lipinski definition) is 0. The summed E-state index contributed by atoms with van der Waals surface area (Å²) in [6.07, 6.45) is 3.20. The lowest BCUT2D eigenvalue weighted by Gasteiger charge is -2.09. The molecule has 0 saturated carbocycles. The Bertz CT molecular complexity index is 1740. The fourth-order valence-corrected chi connectivity index (χ4v) is 4.07. The third-order valence-corrected chi connectivity index (χ3v) is 5.63. The zero-order valence-electron chi connectivity index (χ0n) is 18.1. The van der Waals surface area contributed by atoms with Crippen molar-refractivity contribution in [3.8, 4) is 17.2 Å². The van der Waals surface area contributed by atoms with Crippen molar-refractivity contribution in [2.24, 2.45) is 0 Å². The van der Waals surface area contributed by atoms with Crippen LogP contribution >= 0.6 is 0 Å². The van der Waals surface area contributed by atoms with E-state index < -0.39 is 0 Å². The highest BCUT2D eigenvalue weighted by atomic mass is 16.5. The Balaban J connectivity index is 1.58. The van der Waals surface area contributed by atoms with E-state index in [2.05, 4.69) is 11.6 Å². The van der Waals surface area contributed by atoms with Crippen molar-refractivity contribution >= 4 is 33.2 Å². The maximum atomic E-state index is 13.3. The Kier molecular flexibility index (Phi) is 4.66. The minimum atomic E-state index is -0.178. The molecule has 7 heteroatoms. The second-order valence-electron chi connectivity index (χ2n) is 7.82. The molecule has 0 radical (unpaired) electrons. The van der Waals surface area contributed by atoms with Crippen LogP contribution in [-0.2, 0) is 6.54 Å². The van der Waals surface area contributed by atoms with Gasteiger partial charge in [-0.3, -0.25) is 13.9 Å². The maximum absolute atomic E-state index is 13.3. The third-order valence-electron chi connectivity index (χ3n) is 5.63. The molecule has 3 heterocycles. The van der Waals surface area contributed by atoms with Gasteiger partial charge in [0.05, 0.1) is 11.0 Å². The van der Waals surface area contributed by atoms with E-state index in [-0.39, 0.29) is 5.56 Å². The van der Waals surface area contributed by atoms with E-state index in [1.807, 2.05) is 83.4 Å². The Labute approximate surface area is 194 Å². The van der Waals surface area contributed by atoms with E-state index >= 15 is 0 Å². The molecule has 0 amide bonds. The van der Waals surface area contributed by atoms with Crippen LogP contribution in [-0.4, -0.2) is 24.1 Å². The third kappa shape index (κ3) is 3.22. The van der Waals surface area contributed by atoms with Crippen molar-refractivity contribution in [2.45, 2.75) is 6.54 Å². The molecule has 3 aromatic carbocycles. The van der Waals surface area contributed by atoms with Gasteiger partial charge in [-0.25, -0.2) is 15.0 Å². The van der Waals surface area contributed by atoms with Gasteiger partial charge in [0.25, 0.3) is 5.56 Å². The highest BCUT2D eigenvalue weighted by Crippen LogP contribution is 2.29. The lowest BCUT2D eigenvalue weighted by atomic mass is 10.3. The summed E-state index contributed by atoms with van der Waals surface area (Å²) in [6.45, 7) is 4.10. The maximum Gasteiger partial charge on any atom is 0.265 e. The SMILES string of the molecule is C=CCn1cnc2c(c1=O)c1nc3ccccc3nc1n2-c1ccc(Oc2ccccc2)cc1. The number of hydrogen-bond acceptors (Lipinski definition) is 5. The number of benzene rings is 3. The molecule has 0 bridgehead atoms. The average molecular weight is 445 g/mol. The fourth-order valence-electron chi connectivity index (χ4n) is 4.07. The number of allylic oxidation sites excluding steroid dienone is 1. The van der Waals surface area contributed by atoms with Crippen LogP contribution in [0.3, 0.4) is 0 Å². The van der Waals surface area contributed by atoms with Gasteiger partial charge in [0, 0.05) is 12.2 Å². The van der Waals surface area contributed by atoms with Crippen molar-refractivity contribution in [1.29, 1.82) is 0 Å². The molecule has 0 spiro atoms. The minimum Gasteiger partial charge on any atom is -0.457 e. The van der Waals surface area contributed by atoms with Crippen molar-refractivity contribution in [1.82, 2.24) is 24.1 Å². The van der Waals surface area contributed by atoms with Crippen LogP contribution in [0, 0.1) is 0 Å². The van der Waals surface area contributed by atoms with Crippen LogP contribution in [0.4, 0.5) is 0 Å². The standard InChI is InChI=1S/C27H19N5O2/c1-2-16-31-17-28-25-23(27(31)33)24-26(30-22-11-7-6-10-21(22)29-24)32(25)18-12-14-20(15-13-18)34-19-8-4-3-5-9-19/h2-15,17H,1,16H2. The first-order valence-electron chi connectivity index (χ1n) is 10.8. The van der Waals surface area contributed by atoms with Gasteiger partial charge in [0.2, 0.25) is 0 Å². The Morgan fingerprint density at radius 1 is 0.824 bits per heavy atom. The zero-order chi connectivity index (χ0) is 23.1. The predicted octanol–water partition coefficient (Wildman–Crippen LogP) is 5.26. The minimum absolute atomic E-state index is 0.178. The van der Waals surface area contributed by atoms with E-state index in [9.17, 15) is 4.79 Å². The van der Waals surface area contributed by atoms with Gasteiger partial charge in [0.1, 0.15) is 28.7 Å². The predicted molar refractivity (Wildman–Crippen MR) is 133 cm³/mol. The molecule has 0 N–H and O–H groups in total. The molecule has 0 fully saturated rings. The lowest BCUT2D eigenvalue weighted by molar-refractivity contribution is 0.482. The fraction of sp³-hybridized carbons (Fsp3) is 0.0370. The summed E-state index contributed by atoms with van der Waals surface area (Å²) in [5.74, 6) is 1.46.